The summed E-state index contributed by atoms with van der Waals surface area (Å²) < 4.78 is 23.2. The third-order valence-corrected chi connectivity index (χ3v) is 5.44. The van der Waals surface area contributed by atoms with Crippen molar-refractivity contribution in [3.8, 4) is 11.8 Å². The Morgan fingerprint density at radius 3 is 2.50 bits per heavy atom. The average Bonchev–Trinajstić information content (AvgIpc) is 2.73. The van der Waals surface area contributed by atoms with Crippen LogP contribution < -0.4 is 10.9 Å². The van der Waals surface area contributed by atoms with Crippen LogP contribution in [0.3, 0.4) is 0 Å². The molecular formula is C22H16N4O3S. The fourth-order valence-corrected chi connectivity index (χ4v) is 3.42. The molecular weight excluding hydrogens is 400 g/mol. The van der Waals surface area contributed by atoms with E-state index < -0.39 is 9.84 Å². The molecule has 0 radical (unpaired) electrons. The Morgan fingerprint density at radius 1 is 1.00 bits per heavy atom. The van der Waals surface area contributed by atoms with Crippen molar-refractivity contribution in [3.63, 3.8) is 0 Å². The number of sulfone groups is 1. The average molecular weight is 416 g/mol. The second-order valence-electron chi connectivity index (χ2n) is 6.56. The predicted octanol–water partition coefficient (Wildman–Crippen LogP) is 2.87. The molecule has 2 N–H and O–H groups in total. The van der Waals surface area contributed by atoms with Crippen LogP contribution in [0, 0.1) is 11.8 Å². The van der Waals surface area contributed by atoms with Crippen LogP contribution >= 0.6 is 0 Å². The van der Waals surface area contributed by atoms with E-state index in [-0.39, 0.29) is 10.5 Å². The van der Waals surface area contributed by atoms with Crippen molar-refractivity contribution < 1.29 is 8.42 Å². The number of hydrogen-bond donors (Lipinski definition) is 2. The summed E-state index contributed by atoms with van der Waals surface area (Å²) in [6.45, 7) is 0. The molecule has 0 amide bonds. The highest BCUT2D eigenvalue weighted by atomic mass is 32.2. The molecule has 3 aromatic heterocycles. The maximum atomic E-state index is 11.6. The Kier molecular flexibility index (Phi) is 5.04. The fraction of sp³-hybridized carbons (Fsp3) is 0.0455. The van der Waals surface area contributed by atoms with Crippen molar-refractivity contribution >= 4 is 32.1 Å². The van der Waals surface area contributed by atoms with Crippen LogP contribution in [-0.4, -0.2) is 29.6 Å². The van der Waals surface area contributed by atoms with Gasteiger partial charge in [-0.3, -0.25) is 4.79 Å². The molecule has 4 aromatic rings. The molecule has 30 heavy (non-hydrogen) atoms. The van der Waals surface area contributed by atoms with Crippen molar-refractivity contribution in [1.29, 1.82) is 0 Å². The summed E-state index contributed by atoms with van der Waals surface area (Å²) in [6.07, 6.45) is 6.10. The zero-order chi connectivity index (χ0) is 21.1. The lowest BCUT2D eigenvalue weighted by Crippen LogP contribution is -2.01. The molecule has 0 aliphatic rings. The van der Waals surface area contributed by atoms with Crippen LogP contribution in [0.1, 0.15) is 11.3 Å². The van der Waals surface area contributed by atoms with E-state index in [4.69, 9.17) is 0 Å². The number of H-pyrrole nitrogens is 1. The molecule has 0 spiro atoms. The maximum absolute atomic E-state index is 11.6. The molecule has 3 heterocycles. The van der Waals surface area contributed by atoms with Crippen LogP contribution in [0.25, 0.3) is 10.8 Å². The second-order valence-corrected chi connectivity index (χ2v) is 8.58. The summed E-state index contributed by atoms with van der Waals surface area (Å²) in [7, 11) is -3.24. The molecule has 0 saturated heterocycles. The molecule has 4 rings (SSSR count). The topological polar surface area (TPSA) is 105 Å². The molecule has 8 heteroatoms. The van der Waals surface area contributed by atoms with Gasteiger partial charge in [0.15, 0.2) is 9.84 Å². The summed E-state index contributed by atoms with van der Waals surface area (Å²) in [5, 5.41) is 4.86. The van der Waals surface area contributed by atoms with E-state index in [1.165, 1.54) is 12.3 Å². The normalized spacial score (nSPS) is 11.0. The van der Waals surface area contributed by atoms with Gasteiger partial charge in [0.25, 0.3) is 0 Å². The van der Waals surface area contributed by atoms with Crippen molar-refractivity contribution in [2.24, 2.45) is 0 Å². The van der Waals surface area contributed by atoms with Crippen molar-refractivity contribution in [2.45, 2.75) is 4.90 Å². The van der Waals surface area contributed by atoms with Gasteiger partial charge in [0.1, 0.15) is 11.5 Å². The van der Waals surface area contributed by atoms with Crippen LogP contribution in [0.5, 0.6) is 0 Å². The van der Waals surface area contributed by atoms with Gasteiger partial charge in [-0.05, 0) is 48.4 Å². The number of nitrogens with one attached hydrogen (secondary N) is 2. The van der Waals surface area contributed by atoms with E-state index in [0.717, 1.165) is 10.8 Å². The Balaban J connectivity index is 1.66. The number of aromatic amines is 1. The van der Waals surface area contributed by atoms with Crippen LogP contribution in [0.2, 0.25) is 0 Å². The molecule has 0 bridgehead atoms. The van der Waals surface area contributed by atoms with Gasteiger partial charge in [-0.25, -0.2) is 18.4 Å². The largest absolute Gasteiger partial charge is 0.340 e. The number of rotatable bonds is 3. The minimum absolute atomic E-state index is 0.185. The molecule has 0 aliphatic carbocycles. The molecule has 7 nitrogen and oxygen atoms in total. The summed E-state index contributed by atoms with van der Waals surface area (Å²) in [5.74, 6) is 6.60. The van der Waals surface area contributed by atoms with E-state index in [2.05, 4.69) is 32.1 Å². The summed E-state index contributed by atoms with van der Waals surface area (Å²) >= 11 is 0. The van der Waals surface area contributed by atoms with E-state index in [1.54, 1.807) is 48.9 Å². The molecule has 148 valence electrons. The van der Waals surface area contributed by atoms with Crippen LogP contribution in [0.4, 0.5) is 11.5 Å². The fourth-order valence-electron chi connectivity index (χ4n) is 2.79. The lowest BCUT2D eigenvalue weighted by molar-refractivity contribution is 0.602. The highest BCUT2D eigenvalue weighted by Crippen LogP contribution is 2.22. The highest BCUT2D eigenvalue weighted by molar-refractivity contribution is 7.90. The van der Waals surface area contributed by atoms with Gasteiger partial charge in [-0.2, -0.15) is 0 Å². The smallest absolute Gasteiger partial charge is 0.247 e. The first-order valence-corrected chi connectivity index (χ1v) is 10.8. The second kappa shape index (κ2) is 7.81. The molecule has 1 aromatic carbocycles. The Morgan fingerprint density at radius 2 is 1.80 bits per heavy atom. The summed E-state index contributed by atoms with van der Waals surface area (Å²) in [6, 6.07) is 13.2. The van der Waals surface area contributed by atoms with Gasteiger partial charge in [0.2, 0.25) is 5.56 Å². The first-order valence-electron chi connectivity index (χ1n) is 8.91. The molecule has 0 fully saturated rings. The number of pyridine rings is 3. The number of fused-ring (bicyclic) bond motifs is 1. The van der Waals surface area contributed by atoms with Gasteiger partial charge < -0.3 is 10.3 Å². The lowest BCUT2D eigenvalue weighted by atomic mass is 10.1. The van der Waals surface area contributed by atoms with Crippen LogP contribution in [0.15, 0.2) is 76.8 Å². The lowest BCUT2D eigenvalue weighted by Gasteiger charge is -2.08. The first kappa shape index (κ1) is 19.4. The predicted molar refractivity (Wildman–Crippen MR) is 115 cm³/mol. The van der Waals surface area contributed by atoms with Crippen molar-refractivity contribution in [1.82, 2.24) is 15.0 Å². The van der Waals surface area contributed by atoms with Crippen LogP contribution in [-0.2, 0) is 9.84 Å². The monoisotopic (exact) mass is 416 g/mol. The summed E-state index contributed by atoms with van der Waals surface area (Å²) in [4.78, 5) is 22.8. The number of anilines is 2. The van der Waals surface area contributed by atoms with Gasteiger partial charge >= 0.3 is 0 Å². The SMILES string of the molecule is CS(=O)(=O)c1ccc(Nc2cc3c(C#Cc4ccc(=O)[nH]c4)nccc3cn2)cc1. The third kappa shape index (κ3) is 4.37. The maximum Gasteiger partial charge on any atom is 0.247 e. The third-order valence-electron chi connectivity index (χ3n) is 4.31. The number of benzene rings is 1. The zero-order valence-corrected chi connectivity index (χ0v) is 16.7. The standard InChI is InChI=1S/C22H16N4O3S/c1-30(28,29)18-6-4-17(5-7-18)26-21-12-19-16(14-24-21)10-11-23-20(19)8-2-15-3-9-22(27)25-13-15/h3-7,9-14H,1H3,(H,24,26)(H,25,27). The number of aromatic nitrogens is 3. The van der Waals surface area contributed by atoms with E-state index in [0.29, 0.717) is 22.8 Å². The van der Waals surface area contributed by atoms with Gasteiger partial charge in [-0.15, -0.1) is 0 Å². The van der Waals surface area contributed by atoms with Gasteiger partial charge in [0.05, 0.1) is 4.90 Å². The molecule has 0 aliphatic heterocycles. The summed E-state index contributed by atoms with van der Waals surface area (Å²) in [5.41, 5.74) is 1.78. The quantitative estimate of drug-likeness (QED) is 0.498. The Bertz CT molecular complexity index is 1440. The molecule has 0 unspecified atom stereocenters. The van der Waals surface area contributed by atoms with E-state index in [9.17, 15) is 13.2 Å². The Hall–Kier alpha value is -3.96. The van der Waals surface area contributed by atoms with Gasteiger partial charge in [0, 0.05) is 52.9 Å². The van der Waals surface area contributed by atoms with E-state index >= 15 is 0 Å². The van der Waals surface area contributed by atoms with Crippen molar-refractivity contribution in [3.05, 3.63) is 88.7 Å². The molecule has 0 saturated carbocycles. The minimum atomic E-state index is -3.24. The number of hydrogen-bond acceptors (Lipinski definition) is 6. The molecule has 0 atom stereocenters. The highest BCUT2D eigenvalue weighted by Gasteiger charge is 2.07. The number of nitrogens with zero attached hydrogens (tertiary/aromatic N) is 2. The van der Waals surface area contributed by atoms with E-state index in [1.807, 2.05) is 12.1 Å². The Labute approximate surface area is 172 Å². The van der Waals surface area contributed by atoms with Gasteiger partial charge in [-0.1, -0.05) is 5.92 Å². The van der Waals surface area contributed by atoms with Crippen molar-refractivity contribution in [2.75, 3.05) is 11.6 Å². The zero-order valence-electron chi connectivity index (χ0n) is 15.9. The first-order chi connectivity index (χ1) is 14.4. The minimum Gasteiger partial charge on any atom is -0.340 e.